The Morgan fingerprint density at radius 2 is 2.03 bits per heavy atom. The summed E-state index contributed by atoms with van der Waals surface area (Å²) in [6.45, 7) is 5.72. The van der Waals surface area contributed by atoms with Gasteiger partial charge in [-0.15, -0.1) is 0 Å². The van der Waals surface area contributed by atoms with Crippen molar-refractivity contribution in [1.82, 2.24) is 15.0 Å². The van der Waals surface area contributed by atoms with Crippen LogP contribution in [0.5, 0.6) is 0 Å². The van der Waals surface area contributed by atoms with Gasteiger partial charge in [0.25, 0.3) is 0 Å². The van der Waals surface area contributed by atoms with Crippen LogP contribution in [0, 0.1) is 11.7 Å². The van der Waals surface area contributed by atoms with Gasteiger partial charge >= 0.3 is 0 Å². The van der Waals surface area contributed by atoms with Gasteiger partial charge in [0.05, 0.1) is 5.69 Å². The molecule has 1 unspecified atom stereocenters. The van der Waals surface area contributed by atoms with Crippen LogP contribution in [-0.2, 0) is 6.54 Å². The third-order valence-corrected chi connectivity index (χ3v) is 5.53. The highest BCUT2D eigenvalue weighted by Crippen LogP contribution is 2.55. The monoisotopic (exact) mass is 416 g/mol. The number of pyridine rings is 1. The molecule has 7 heteroatoms. The van der Waals surface area contributed by atoms with Crippen molar-refractivity contribution in [2.24, 2.45) is 5.92 Å². The number of nitrogens with zero attached hydrogens (tertiary/aromatic N) is 4. The number of allylic oxidation sites excluding steroid dienone is 1. The summed E-state index contributed by atoms with van der Waals surface area (Å²) in [5, 5.41) is 6.66. The van der Waals surface area contributed by atoms with E-state index >= 15 is 0 Å². The van der Waals surface area contributed by atoms with Gasteiger partial charge in [0.1, 0.15) is 17.5 Å². The highest BCUT2D eigenvalue weighted by molar-refractivity contribution is 5.70. The summed E-state index contributed by atoms with van der Waals surface area (Å²) in [6.07, 6.45) is 6.46. The SMILES string of the molecule is CC(C)CN1C(Nc2ccccc2F)=C2CC2c2cnc(NCc3cccnc3)nc21. The lowest BCUT2D eigenvalue weighted by atomic mass is 10.1. The number of rotatable bonds is 7. The van der Waals surface area contributed by atoms with Crippen molar-refractivity contribution >= 4 is 17.5 Å². The summed E-state index contributed by atoms with van der Waals surface area (Å²) >= 11 is 0. The number of anilines is 3. The van der Waals surface area contributed by atoms with Crippen LogP contribution < -0.4 is 15.5 Å². The molecule has 1 aliphatic carbocycles. The van der Waals surface area contributed by atoms with E-state index in [4.69, 9.17) is 4.98 Å². The van der Waals surface area contributed by atoms with E-state index in [0.717, 1.165) is 35.7 Å². The van der Waals surface area contributed by atoms with Crippen molar-refractivity contribution in [2.45, 2.75) is 32.7 Å². The van der Waals surface area contributed by atoms with Crippen LogP contribution in [0.4, 0.5) is 21.8 Å². The Balaban J connectivity index is 1.45. The van der Waals surface area contributed by atoms with E-state index in [2.05, 4.69) is 39.3 Å². The number of hydrogen-bond donors (Lipinski definition) is 2. The molecular formula is C24H25FN6. The minimum atomic E-state index is -0.260. The van der Waals surface area contributed by atoms with Crippen LogP contribution in [0.1, 0.15) is 37.3 Å². The number of halogens is 1. The van der Waals surface area contributed by atoms with Crippen LogP contribution in [0.3, 0.4) is 0 Å². The summed E-state index contributed by atoms with van der Waals surface area (Å²) in [6, 6.07) is 10.7. The van der Waals surface area contributed by atoms with E-state index in [9.17, 15) is 4.39 Å². The zero-order valence-corrected chi connectivity index (χ0v) is 17.6. The number of para-hydroxylation sites is 1. The number of nitrogens with one attached hydrogen (secondary N) is 2. The van der Waals surface area contributed by atoms with Crippen LogP contribution >= 0.6 is 0 Å². The molecule has 1 fully saturated rings. The molecule has 0 radical (unpaired) electrons. The van der Waals surface area contributed by atoms with Crippen molar-refractivity contribution in [3.05, 3.63) is 83.3 Å². The molecule has 1 atom stereocenters. The van der Waals surface area contributed by atoms with Crippen LogP contribution in [-0.4, -0.2) is 21.5 Å². The largest absolute Gasteiger partial charge is 0.350 e. The van der Waals surface area contributed by atoms with E-state index in [1.165, 1.54) is 11.6 Å². The van der Waals surface area contributed by atoms with Crippen molar-refractivity contribution in [2.75, 3.05) is 22.1 Å². The number of benzene rings is 1. The zero-order valence-electron chi connectivity index (χ0n) is 17.6. The molecule has 3 aromatic rings. The smallest absolute Gasteiger partial charge is 0.224 e. The van der Waals surface area contributed by atoms with Crippen molar-refractivity contribution in [3.63, 3.8) is 0 Å². The molecule has 0 amide bonds. The topological polar surface area (TPSA) is 66.0 Å². The molecule has 2 N–H and O–H groups in total. The fourth-order valence-electron chi connectivity index (χ4n) is 3.99. The molecule has 2 aliphatic rings. The lowest BCUT2D eigenvalue weighted by molar-refractivity contribution is 0.623. The molecule has 1 saturated carbocycles. The molecule has 0 spiro atoms. The van der Waals surface area contributed by atoms with E-state index in [0.29, 0.717) is 30.0 Å². The van der Waals surface area contributed by atoms with Gasteiger partial charge in [-0.05, 0) is 41.7 Å². The van der Waals surface area contributed by atoms with Crippen LogP contribution in [0.25, 0.3) is 0 Å². The van der Waals surface area contributed by atoms with Gasteiger partial charge in [0, 0.05) is 43.2 Å². The molecule has 3 heterocycles. The summed E-state index contributed by atoms with van der Waals surface area (Å²) < 4.78 is 14.4. The number of hydrogen-bond acceptors (Lipinski definition) is 6. The maximum atomic E-state index is 14.4. The quantitative estimate of drug-likeness (QED) is 0.571. The first kappa shape index (κ1) is 19.5. The van der Waals surface area contributed by atoms with Crippen molar-refractivity contribution in [3.8, 4) is 0 Å². The molecule has 2 aromatic heterocycles. The fraction of sp³-hybridized carbons (Fsp3) is 0.292. The van der Waals surface area contributed by atoms with E-state index in [-0.39, 0.29) is 5.82 Å². The first-order valence-corrected chi connectivity index (χ1v) is 10.6. The molecule has 158 valence electrons. The molecule has 31 heavy (non-hydrogen) atoms. The predicted molar refractivity (Wildman–Crippen MR) is 120 cm³/mol. The second kappa shape index (κ2) is 7.98. The average molecular weight is 417 g/mol. The Kier molecular flexibility index (Phi) is 5.02. The standard InChI is InChI=1S/C24H25FN6/c1-15(2)14-31-22(29-21-8-4-3-7-20(21)25)18-10-17(18)19-13-28-24(30-23(19)31)27-12-16-6-5-9-26-11-16/h3-9,11,13,15,17,29H,10,12,14H2,1-2H3,(H,27,28,30). The minimum Gasteiger partial charge on any atom is -0.350 e. The molecular weight excluding hydrogens is 391 g/mol. The maximum absolute atomic E-state index is 14.4. The lowest BCUT2D eigenvalue weighted by Gasteiger charge is -2.33. The van der Waals surface area contributed by atoms with Crippen molar-refractivity contribution < 1.29 is 4.39 Å². The second-order valence-electron chi connectivity index (χ2n) is 8.43. The third-order valence-electron chi connectivity index (χ3n) is 5.53. The Labute approximate surface area is 181 Å². The lowest BCUT2D eigenvalue weighted by Crippen LogP contribution is -2.34. The third kappa shape index (κ3) is 3.95. The Morgan fingerprint density at radius 3 is 2.81 bits per heavy atom. The molecule has 1 aliphatic heterocycles. The summed E-state index contributed by atoms with van der Waals surface area (Å²) in [4.78, 5) is 15.8. The highest BCUT2D eigenvalue weighted by atomic mass is 19.1. The molecule has 1 aromatic carbocycles. The molecule has 5 rings (SSSR count). The van der Waals surface area contributed by atoms with Gasteiger partial charge in [-0.2, -0.15) is 4.98 Å². The number of fused-ring (bicyclic) bond motifs is 3. The summed E-state index contributed by atoms with van der Waals surface area (Å²) in [5.74, 6) is 2.87. The Bertz CT molecular complexity index is 1130. The molecule has 0 saturated heterocycles. The first-order valence-electron chi connectivity index (χ1n) is 10.6. The van der Waals surface area contributed by atoms with Gasteiger partial charge < -0.3 is 15.5 Å². The van der Waals surface area contributed by atoms with E-state index in [1.54, 1.807) is 18.3 Å². The Morgan fingerprint density at radius 1 is 1.16 bits per heavy atom. The molecule has 6 nitrogen and oxygen atoms in total. The van der Waals surface area contributed by atoms with Crippen LogP contribution in [0.2, 0.25) is 0 Å². The normalized spacial score (nSPS) is 16.8. The highest BCUT2D eigenvalue weighted by Gasteiger charge is 2.44. The Hall–Kier alpha value is -3.48. The van der Waals surface area contributed by atoms with E-state index < -0.39 is 0 Å². The van der Waals surface area contributed by atoms with Crippen LogP contribution in [0.15, 0.2) is 66.4 Å². The summed E-state index contributed by atoms with van der Waals surface area (Å²) in [7, 11) is 0. The first-order chi connectivity index (χ1) is 15.1. The number of aromatic nitrogens is 3. The maximum Gasteiger partial charge on any atom is 0.224 e. The molecule has 0 bridgehead atoms. The fourth-order valence-corrected chi connectivity index (χ4v) is 3.99. The second-order valence-corrected chi connectivity index (χ2v) is 8.43. The predicted octanol–water partition coefficient (Wildman–Crippen LogP) is 4.91. The van der Waals surface area contributed by atoms with Gasteiger partial charge in [0.2, 0.25) is 5.95 Å². The zero-order chi connectivity index (χ0) is 21.4. The van der Waals surface area contributed by atoms with Gasteiger partial charge in [0.15, 0.2) is 0 Å². The van der Waals surface area contributed by atoms with Gasteiger partial charge in [-0.1, -0.05) is 32.0 Å². The van der Waals surface area contributed by atoms with Gasteiger partial charge in [-0.3, -0.25) is 4.98 Å². The van der Waals surface area contributed by atoms with Crippen molar-refractivity contribution in [1.29, 1.82) is 0 Å². The average Bonchev–Trinajstić information content (AvgIpc) is 3.57. The summed E-state index contributed by atoms with van der Waals surface area (Å²) in [5.41, 5.74) is 3.98. The minimum absolute atomic E-state index is 0.260. The van der Waals surface area contributed by atoms with E-state index in [1.807, 2.05) is 30.6 Å². The van der Waals surface area contributed by atoms with Gasteiger partial charge in [-0.25, -0.2) is 9.37 Å².